The molecule has 1 fully saturated rings. The molecule has 22 heavy (non-hydrogen) atoms. The van der Waals surface area contributed by atoms with Gasteiger partial charge in [-0.3, -0.25) is 9.97 Å². The lowest BCUT2D eigenvalue weighted by Crippen LogP contribution is -2.57. The van der Waals surface area contributed by atoms with E-state index in [0.29, 0.717) is 13.1 Å². The van der Waals surface area contributed by atoms with E-state index in [1.54, 1.807) is 29.6 Å². The summed E-state index contributed by atoms with van der Waals surface area (Å²) in [5, 5.41) is 2.51. The van der Waals surface area contributed by atoms with Gasteiger partial charge in [-0.25, -0.2) is 0 Å². The maximum atomic E-state index is 12.9. The molecular weight excluding hydrogens is 293 g/mol. The number of hydrogen-bond acceptors (Lipinski definition) is 4. The van der Waals surface area contributed by atoms with Crippen molar-refractivity contribution >= 4 is 5.69 Å². The van der Waals surface area contributed by atoms with Crippen molar-refractivity contribution in [2.24, 2.45) is 0 Å². The van der Waals surface area contributed by atoms with Crippen molar-refractivity contribution in [1.29, 1.82) is 0 Å². The molecule has 3 heterocycles. The van der Waals surface area contributed by atoms with E-state index in [0.717, 1.165) is 16.9 Å². The lowest BCUT2D eigenvalue weighted by molar-refractivity contribution is -0.155. The van der Waals surface area contributed by atoms with Gasteiger partial charge in [-0.15, -0.1) is 0 Å². The number of piperazine rings is 1. The highest BCUT2D eigenvalue weighted by molar-refractivity contribution is 5.64. The molecule has 4 nitrogen and oxygen atoms in total. The monoisotopic (exact) mass is 308 g/mol. The number of aromatic nitrogens is 2. The highest BCUT2D eigenvalue weighted by Crippen LogP contribution is 2.27. The van der Waals surface area contributed by atoms with Crippen molar-refractivity contribution in [2.75, 3.05) is 24.5 Å². The maximum Gasteiger partial charge on any atom is 0.405 e. The van der Waals surface area contributed by atoms with E-state index in [4.69, 9.17) is 0 Å². The Morgan fingerprint density at radius 2 is 1.91 bits per heavy atom. The Balaban J connectivity index is 1.83. The second-order valence-corrected chi connectivity index (χ2v) is 5.13. The number of alkyl halides is 3. The molecule has 3 rings (SSSR count). The molecule has 1 aliphatic rings. The van der Waals surface area contributed by atoms with E-state index in [1.807, 2.05) is 18.2 Å². The fourth-order valence-electron chi connectivity index (χ4n) is 2.50. The Morgan fingerprint density at radius 1 is 1.14 bits per heavy atom. The summed E-state index contributed by atoms with van der Waals surface area (Å²) in [5.74, 6) is 0. The number of pyridine rings is 2. The van der Waals surface area contributed by atoms with E-state index in [1.165, 1.54) is 0 Å². The molecule has 0 aromatic carbocycles. The molecule has 1 saturated heterocycles. The fourth-order valence-corrected chi connectivity index (χ4v) is 2.50. The summed E-state index contributed by atoms with van der Waals surface area (Å²) in [5.41, 5.74) is 2.36. The van der Waals surface area contributed by atoms with Crippen molar-refractivity contribution in [1.82, 2.24) is 15.3 Å². The first kappa shape index (κ1) is 14.8. The number of anilines is 1. The predicted molar refractivity (Wildman–Crippen MR) is 77.5 cm³/mol. The molecule has 2 aromatic heterocycles. The van der Waals surface area contributed by atoms with Crippen LogP contribution in [0.5, 0.6) is 0 Å². The highest BCUT2D eigenvalue weighted by atomic mass is 19.4. The predicted octanol–water partition coefficient (Wildman–Crippen LogP) is 2.48. The summed E-state index contributed by atoms with van der Waals surface area (Å²) in [4.78, 5) is 9.97. The van der Waals surface area contributed by atoms with Gasteiger partial charge >= 0.3 is 6.18 Å². The van der Waals surface area contributed by atoms with Crippen molar-refractivity contribution in [3.8, 4) is 11.3 Å². The van der Waals surface area contributed by atoms with Gasteiger partial charge in [-0.1, -0.05) is 0 Å². The third-order valence-electron chi connectivity index (χ3n) is 3.66. The van der Waals surface area contributed by atoms with Crippen molar-refractivity contribution in [3.05, 3.63) is 42.9 Å². The minimum Gasteiger partial charge on any atom is -0.368 e. The topological polar surface area (TPSA) is 41.1 Å². The summed E-state index contributed by atoms with van der Waals surface area (Å²) < 4.78 is 38.6. The standard InChI is InChI=1S/C15H15F3N4/c16-15(17,18)14-10-22(8-7-21-14)12-3-6-20-13(9-12)11-1-4-19-5-2-11/h1-6,9,14,21H,7-8,10H2. The quantitative estimate of drug-likeness (QED) is 0.925. The fraction of sp³-hybridized carbons (Fsp3) is 0.333. The van der Waals surface area contributed by atoms with Crippen LogP contribution in [0.1, 0.15) is 0 Å². The van der Waals surface area contributed by atoms with Gasteiger partial charge in [0, 0.05) is 49.5 Å². The first-order valence-corrected chi connectivity index (χ1v) is 6.95. The van der Waals surface area contributed by atoms with Gasteiger partial charge in [0.15, 0.2) is 0 Å². The SMILES string of the molecule is FC(F)(F)C1CN(c2ccnc(-c3ccncc3)c2)CCN1. The van der Waals surface area contributed by atoms with Gasteiger partial charge in [0.1, 0.15) is 6.04 Å². The smallest absolute Gasteiger partial charge is 0.368 e. The third-order valence-corrected chi connectivity index (χ3v) is 3.66. The normalized spacial score (nSPS) is 19.2. The number of nitrogens with zero attached hydrogens (tertiary/aromatic N) is 3. The molecule has 0 amide bonds. The minimum atomic E-state index is -4.24. The Morgan fingerprint density at radius 3 is 2.64 bits per heavy atom. The zero-order valence-electron chi connectivity index (χ0n) is 11.7. The van der Waals surface area contributed by atoms with Gasteiger partial charge in [0.05, 0.1) is 5.69 Å². The molecule has 1 unspecified atom stereocenters. The number of halogens is 3. The molecule has 1 atom stereocenters. The summed E-state index contributed by atoms with van der Waals surface area (Å²) in [6, 6.07) is 5.70. The molecule has 0 aliphatic carbocycles. The lowest BCUT2D eigenvalue weighted by Gasteiger charge is -2.36. The van der Waals surface area contributed by atoms with Crippen LogP contribution in [-0.4, -0.2) is 41.8 Å². The Hall–Kier alpha value is -2.15. The second-order valence-electron chi connectivity index (χ2n) is 5.13. The van der Waals surface area contributed by atoms with Crippen LogP contribution in [0.3, 0.4) is 0 Å². The molecule has 0 radical (unpaired) electrons. The molecule has 1 aliphatic heterocycles. The van der Waals surface area contributed by atoms with E-state index >= 15 is 0 Å². The third kappa shape index (κ3) is 3.19. The van der Waals surface area contributed by atoms with Crippen LogP contribution in [0.4, 0.5) is 18.9 Å². The summed E-state index contributed by atoms with van der Waals surface area (Å²) in [6.07, 6.45) is 0.706. The molecule has 0 spiro atoms. The Bertz CT molecular complexity index is 630. The van der Waals surface area contributed by atoms with Crippen LogP contribution in [0.15, 0.2) is 42.9 Å². The van der Waals surface area contributed by atoms with Crippen LogP contribution in [-0.2, 0) is 0 Å². The lowest BCUT2D eigenvalue weighted by atomic mass is 10.1. The van der Waals surface area contributed by atoms with Crippen LogP contribution < -0.4 is 10.2 Å². The Labute approximate surface area is 126 Å². The van der Waals surface area contributed by atoms with Crippen LogP contribution in [0.2, 0.25) is 0 Å². The molecule has 1 N–H and O–H groups in total. The highest BCUT2D eigenvalue weighted by Gasteiger charge is 2.42. The van der Waals surface area contributed by atoms with Crippen molar-refractivity contribution in [2.45, 2.75) is 12.2 Å². The van der Waals surface area contributed by atoms with E-state index in [9.17, 15) is 13.2 Å². The average molecular weight is 308 g/mol. The van der Waals surface area contributed by atoms with Gasteiger partial charge < -0.3 is 10.2 Å². The number of nitrogens with one attached hydrogen (secondary N) is 1. The maximum absolute atomic E-state index is 12.9. The van der Waals surface area contributed by atoms with Gasteiger partial charge in [-0.05, 0) is 24.3 Å². The van der Waals surface area contributed by atoms with Gasteiger partial charge in [-0.2, -0.15) is 13.2 Å². The molecular formula is C15H15F3N4. The van der Waals surface area contributed by atoms with Crippen LogP contribution in [0, 0.1) is 0 Å². The largest absolute Gasteiger partial charge is 0.405 e. The zero-order valence-corrected chi connectivity index (χ0v) is 11.7. The summed E-state index contributed by atoms with van der Waals surface area (Å²) in [7, 11) is 0. The van der Waals surface area contributed by atoms with Crippen LogP contribution in [0.25, 0.3) is 11.3 Å². The molecule has 2 aromatic rings. The van der Waals surface area contributed by atoms with Crippen molar-refractivity contribution < 1.29 is 13.2 Å². The van der Waals surface area contributed by atoms with Gasteiger partial charge in [0.25, 0.3) is 0 Å². The first-order chi connectivity index (χ1) is 10.5. The number of rotatable bonds is 2. The average Bonchev–Trinajstić information content (AvgIpc) is 2.55. The molecule has 0 bridgehead atoms. The second kappa shape index (κ2) is 5.92. The van der Waals surface area contributed by atoms with E-state index in [-0.39, 0.29) is 6.54 Å². The van der Waals surface area contributed by atoms with Crippen LogP contribution >= 0.6 is 0 Å². The minimum absolute atomic E-state index is 0.0939. The molecule has 7 heteroatoms. The summed E-state index contributed by atoms with van der Waals surface area (Å²) in [6.45, 7) is 0.743. The summed E-state index contributed by atoms with van der Waals surface area (Å²) >= 11 is 0. The van der Waals surface area contributed by atoms with Gasteiger partial charge in [0.2, 0.25) is 0 Å². The Kier molecular flexibility index (Phi) is 3.98. The number of hydrogen-bond donors (Lipinski definition) is 1. The van der Waals surface area contributed by atoms with Crippen molar-refractivity contribution in [3.63, 3.8) is 0 Å². The first-order valence-electron chi connectivity index (χ1n) is 6.95. The molecule has 0 saturated carbocycles. The zero-order chi connectivity index (χ0) is 15.6. The van der Waals surface area contributed by atoms with E-state index in [2.05, 4.69) is 15.3 Å². The molecule has 116 valence electrons. The van der Waals surface area contributed by atoms with E-state index < -0.39 is 12.2 Å².